The zero-order chi connectivity index (χ0) is 7.35. The molecule has 0 saturated heterocycles. The fourth-order valence-corrected chi connectivity index (χ4v) is 2.90. The third-order valence-corrected chi connectivity index (χ3v) is 3.89. The lowest BCUT2D eigenvalue weighted by atomic mass is 9.73. The molecule has 58 valence electrons. The molecule has 0 aliphatic heterocycles. The molecule has 1 heteroatoms. The molecule has 2 saturated carbocycles. The highest BCUT2D eigenvalue weighted by atomic mass is 14.8. The van der Waals surface area contributed by atoms with Gasteiger partial charge in [-0.3, -0.25) is 0 Å². The van der Waals surface area contributed by atoms with Crippen molar-refractivity contribution in [2.24, 2.45) is 23.0 Å². The van der Waals surface area contributed by atoms with Gasteiger partial charge in [0.15, 0.2) is 0 Å². The van der Waals surface area contributed by atoms with Crippen LogP contribution in [0.3, 0.4) is 0 Å². The van der Waals surface area contributed by atoms with Crippen LogP contribution in [0.15, 0.2) is 0 Å². The van der Waals surface area contributed by atoms with Crippen LogP contribution < -0.4 is 5.73 Å². The van der Waals surface area contributed by atoms with E-state index >= 15 is 0 Å². The summed E-state index contributed by atoms with van der Waals surface area (Å²) in [6, 6.07) is 0.492. The van der Waals surface area contributed by atoms with Crippen LogP contribution >= 0.6 is 0 Å². The molecule has 2 rings (SSSR count). The molecule has 2 fully saturated rings. The van der Waals surface area contributed by atoms with Crippen molar-refractivity contribution in [1.82, 2.24) is 0 Å². The summed E-state index contributed by atoms with van der Waals surface area (Å²) >= 11 is 0. The normalized spacial score (nSPS) is 50.1. The Morgan fingerprint density at radius 1 is 1.30 bits per heavy atom. The highest BCUT2D eigenvalue weighted by Gasteiger charge is 2.50. The average Bonchev–Trinajstić information content (AvgIpc) is 2.37. The van der Waals surface area contributed by atoms with Crippen molar-refractivity contribution in [2.75, 3.05) is 0 Å². The Kier molecular flexibility index (Phi) is 1.17. The van der Waals surface area contributed by atoms with Crippen LogP contribution in [0.25, 0.3) is 0 Å². The van der Waals surface area contributed by atoms with Gasteiger partial charge in [-0.1, -0.05) is 13.8 Å². The lowest BCUT2D eigenvalue weighted by molar-refractivity contribution is 0.181. The van der Waals surface area contributed by atoms with Crippen molar-refractivity contribution in [3.05, 3.63) is 0 Å². The molecule has 2 aliphatic rings. The maximum absolute atomic E-state index is 6.10. The van der Waals surface area contributed by atoms with E-state index in [1.165, 1.54) is 19.3 Å². The Labute approximate surface area is 63.0 Å². The third-order valence-electron chi connectivity index (χ3n) is 3.89. The summed E-state index contributed by atoms with van der Waals surface area (Å²) in [5, 5.41) is 0. The Morgan fingerprint density at radius 3 is 2.30 bits per heavy atom. The SMILES string of the molecule is CC1(C)[C@@H]2CC[C@@H](C2)[C@H]1N. The molecule has 1 nitrogen and oxygen atoms in total. The molecule has 2 N–H and O–H groups in total. The van der Waals surface area contributed by atoms with Gasteiger partial charge in [-0.05, 0) is 36.5 Å². The van der Waals surface area contributed by atoms with Gasteiger partial charge in [-0.15, -0.1) is 0 Å². The summed E-state index contributed by atoms with van der Waals surface area (Å²) in [6.07, 6.45) is 4.24. The predicted octanol–water partition coefficient (Wildman–Crippen LogP) is 1.77. The van der Waals surface area contributed by atoms with Gasteiger partial charge in [-0.25, -0.2) is 0 Å². The van der Waals surface area contributed by atoms with Crippen molar-refractivity contribution >= 4 is 0 Å². The topological polar surface area (TPSA) is 26.0 Å². The molecule has 0 radical (unpaired) electrons. The summed E-state index contributed by atoms with van der Waals surface area (Å²) in [5.74, 6) is 1.80. The van der Waals surface area contributed by atoms with Crippen LogP contribution in [0.1, 0.15) is 33.1 Å². The summed E-state index contributed by atoms with van der Waals surface area (Å²) in [6.45, 7) is 4.67. The number of fused-ring (bicyclic) bond motifs is 2. The van der Waals surface area contributed by atoms with Gasteiger partial charge in [0.25, 0.3) is 0 Å². The van der Waals surface area contributed by atoms with Crippen LogP contribution in [0, 0.1) is 17.3 Å². The van der Waals surface area contributed by atoms with Gasteiger partial charge < -0.3 is 5.73 Å². The Hall–Kier alpha value is -0.0400. The second-order valence-corrected chi connectivity index (χ2v) is 4.62. The Morgan fingerprint density at radius 2 is 2.00 bits per heavy atom. The number of rotatable bonds is 0. The molecule has 2 bridgehead atoms. The molecule has 0 aromatic carbocycles. The Balaban J connectivity index is 2.25. The lowest BCUT2D eigenvalue weighted by Crippen LogP contribution is -2.42. The van der Waals surface area contributed by atoms with E-state index in [0.29, 0.717) is 11.5 Å². The van der Waals surface area contributed by atoms with Gasteiger partial charge >= 0.3 is 0 Å². The summed E-state index contributed by atoms with van der Waals surface area (Å²) in [7, 11) is 0. The molecule has 3 atom stereocenters. The molecule has 0 aromatic rings. The van der Waals surface area contributed by atoms with Gasteiger partial charge in [0.2, 0.25) is 0 Å². The van der Waals surface area contributed by atoms with Gasteiger partial charge in [0, 0.05) is 6.04 Å². The van der Waals surface area contributed by atoms with E-state index in [-0.39, 0.29) is 0 Å². The lowest BCUT2D eigenvalue weighted by Gasteiger charge is -2.35. The highest BCUT2D eigenvalue weighted by molar-refractivity contribution is 5.04. The molecular weight excluding hydrogens is 122 g/mol. The summed E-state index contributed by atoms with van der Waals surface area (Å²) < 4.78 is 0. The zero-order valence-electron chi connectivity index (χ0n) is 6.93. The summed E-state index contributed by atoms with van der Waals surface area (Å²) in [4.78, 5) is 0. The summed E-state index contributed by atoms with van der Waals surface area (Å²) in [5.41, 5.74) is 6.55. The molecule has 2 aliphatic carbocycles. The molecular formula is C9H17N. The van der Waals surface area contributed by atoms with E-state index in [9.17, 15) is 0 Å². The first-order valence-corrected chi connectivity index (χ1v) is 4.38. The van der Waals surface area contributed by atoms with Crippen LogP contribution in [0.4, 0.5) is 0 Å². The maximum Gasteiger partial charge on any atom is 0.0121 e. The van der Waals surface area contributed by atoms with E-state index in [2.05, 4.69) is 13.8 Å². The van der Waals surface area contributed by atoms with Crippen LogP contribution in [-0.2, 0) is 0 Å². The van der Waals surface area contributed by atoms with Crippen LogP contribution in [0.2, 0.25) is 0 Å². The third kappa shape index (κ3) is 0.619. The van der Waals surface area contributed by atoms with Crippen molar-refractivity contribution in [3.63, 3.8) is 0 Å². The average molecular weight is 139 g/mol. The minimum atomic E-state index is 0.447. The zero-order valence-corrected chi connectivity index (χ0v) is 6.93. The quantitative estimate of drug-likeness (QED) is 0.544. The maximum atomic E-state index is 6.10. The molecule has 0 heterocycles. The van der Waals surface area contributed by atoms with Gasteiger partial charge in [0.05, 0.1) is 0 Å². The van der Waals surface area contributed by atoms with E-state index < -0.39 is 0 Å². The molecule has 0 spiro atoms. The highest BCUT2D eigenvalue weighted by Crippen LogP contribution is 2.54. The van der Waals surface area contributed by atoms with Crippen molar-refractivity contribution in [3.8, 4) is 0 Å². The van der Waals surface area contributed by atoms with Crippen molar-refractivity contribution < 1.29 is 0 Å². The first-order valence-electron chi connectivity index (χ1n) is 4.38. The fraction of sp³-hybridized carbons (Fsp3) is 1.00. The van der Waals surface area contributed by atoms with Crippen molar-refractivity contribution in [1.29, 1.82) is 0 Å². The predicted molar refractivity (Wildman–Crippen MR) is 42.6 cm³/mol. The minimum absolute atomic E-state index is 0.447. The van der Waals surface area contributed by atoms with E-state index in [1.807, 2.05) is 0 Å². The van der Waals surface area contributed by atoms with E-state index in [0.717, 1.165) is 11.8 Å². The number of hydrogen-bond acceptors (Lipinski definition) is 1. The second-order valence-electron chi connectivity index (χ2n) is 4.62. The fourth-order valence-electron chi connectivity index (χ4n) is 2.90. The molecule has 10 heavy (non-hydrogen) atoms. The van der Waals surface area contributed by atoms with Gasteiger partial charge in [0.1, 0.15) is 0 Å². The van der Waals surface area contributed by atoms with Crippen LogP contribution in [-0.4, -0.2) is 6.04 Å². The molecule has 0 unspecified atom stereocenters. The van der Waals surface area contributed by atoms with E-state index in [1.54, 1.807) is 0 Å². The molecule has 0 aromatic heterocycles. The van der Waals surface area contributed by atoms with Crippen molar-refractivity contribution in [2.45, 2.75) is 39.2 Å². The van der Waals surface area contributed by atoms with E-state index in [4.69, 9.17) is 5.73 Å². The second kappa shape index (κ2) is 1.76. The Bertz CT molecular complexity index is 147. The smallest absolute Gasteiger partial charge is 0.0121 e. The number of nitrogens with two attached hydrogens (primary N) is 1. The minimum Gasteiger partial charge on any atom is -0.327 e. The standard InChI is InChI=1S/C9H17N/c1-9(2)7-4-3-6(5-7)8(9)10/h6-8H,3-5,10H2,1-2H3/t6-,7+,8+/m0/s1. The van der Waals surface area contributed by atoms with Crippen LogP contribution in [0.5, 0.6) is 0 Å². The number of hydrogen-bond donors (Lipinski definition) is 1. The van der Waals surface area contributed by atoms with Gasteiger partial charge in [-0.2, -0.15) is 0 Å². The first-order chi connectivity index (χ1) is 4.62. The molecule has 0 amide bonds. The largest absolute Gasteiger partial charge is 0.327 e. The monoisotopic (exact) mass is 139 g/mol. The first kappa shape index (κ1) is 6.66.